The van der Waals surface area contributed by atoms with E-state index in [1.54, 1.807) is 6.07 Å². The van der Waals surface area contributed by atoms with E-state index < -0.39 is 11.9 Å². The number of para-hydroxylation sites is 1. The number of carbonyl (C=O) groups is 1. The Hall–Kier alpha value is -1.78. The van der Waals surface area contributed by atoms with Gasteiger partial charge in [-0.2, -0.15) is 0 Å². The van der Waals surface area contributed by atoms with E-state index >= 15 is 0 Å². The Morgan fingerprint density at radius 2 is 1.89 bits per heavy atom. The van der Waals surface area contributed by atoms with Crippen LogP contribution < -0.4 is 10.1 Å². The highest BCUT2D eigenvalue weighted by molar-refractivity contribution is 6.35. The van der Waals surface area contributed by atoms with Crippen molar-refractivity contribution in [2.75, 3.05) is 5.32 Å². The molecule has 0 aliphatic carbocycles. The van der Waals surface area contributed by atoms with Gasteiger partial charge in [0.05, 0.1) is 10.7 Å². The molecule has 0 saturated heterocycles. The Balaban J connectivity index is 2.08. The van der Waals surface area contributed by atoms with Crippen LogP contribution in [0, 0.1) is 5.82 Å². The third-order valence-corrected chi connectivity index (χ3v) is 2.74. The van der Waals surface area contributed by atoms with Crippen LogP contribution in [0.15, 0.2) is 42.5 Å². The first-order valence-electron chi connectivity index (χ1n) is 5.24. The van der Waals surface area contributed by atoms with E-state index in [2.05, 4.69) is 5.32 Å². The Labute approximate surface area is 118 Å². The minimum Gasteiger partial charge on any atom is -0.409 e. The standard InChI is InChI=1S/C13H8Cl2FNO2/c14-8-5-6-12(9(15)7-8)19-13(18)17-11-4-2-1-3-10(11)16/h1-7H,(H,17,18). The van der Waals surface area contributed by atoms with E-state index in [1.165, 1.54) is 36.4 Å². The lowest BCUT2D eigenvalue weighted by Gasteiger charge is -2.08. The van der Waals surface area contributed by atoms with Gasteiger partial charge in [0.1, 0.15) is 5.82 Å². The normalized spacial score (nSPS) is 10.1. The van der Waals surface area contributed by atoms with Crippen LogP contribution in [0.4, 0.5) is 14.9 Å². The summed E-state index contributed by atoms with van der Waals surface area (Å²) < 4.78 is 18.3. The van der Waals surface area contributed by atoms with Crippen molar-refractivity contribution in [2.24, 2.45) is 0 Å². The van der Waals surface area contributed by atoms with Gasteiger partial charge in [0.2, 0.25) is 0 Å². The van der Waals surface area contributed by atoms with Gasteiger partial charge in [0.25, 0.3) is 0 Å². The molecular weight excluding hydrogens is 292 g/mol. The number of nitrogens with one attached hydrogen (secondary N) is 1. The molecule has 2 rings (SSSR count). The summed E-state index contributed by atoms with van der Waals surface area (Å²) in [5.41, 5.74) is 0.0255. The molecule has 0 unspecified atom stereocenters. The lowest BCUT2D eigenvalue weighted by Crippen LogP contribution is -2.17. The van der Waals surface area contributed by atoms with E-state index in [-0.39, 0.29) is 16.5 Å². The molecule has 0 aliphatic rings. The van der Waals surface area contributed by atoms with Gasteiger partial charge in [-0.3, -0.25) is 5.32 Å². The fourth-order valence-electron chi connectivity index (χ4n) is 1.36. The summed E-state index contributed by atoms with van der Waals surface area (Å²) in [6.45, 7) is 0. The number of hydrogen-bond acceptors (Lipinski definition) is 2. The summed E-state index contributed by atoms with van der Waals surface area (Å²) in [5, 5.41) is 2.89. The van der Waals surface area contributed by atoms with Crippen LogP contribution in [0.25, 0.3) is 0 Å². The van der Waals surface area contributed by atoms with E-state index in [9.17, 15) is 9.18 Å². The number of hydrogen-bond donors (Lipinski definition) is 1. The first-order valence-corrected chi connectivity index (χ1v) is 6.00. The maximum atomic E-state index is 13.3. The fraction of sp³-hybridized carbons (Fsp3) is 0. The SMILES string of the molecule is O=C(Nc1ccccc1F)Oc1ccc(Cl)cc1Cl. The predicted molar refractivity (Wildman–Crippen MR) is 72.5 cm³/mol. The van der Waals surface area contributed by atoms with Crippen LogP contribution in [-0.2, 0) is 0 Å². The molecule has 0 atom stereocenters. The molecule has 0 bridgehead atoms. The molecule has 0 spiro atoms. The Morgan fingerprint density at radius 1 is 1.16 bits per heavy atom. The minimum absolute atomic E-state index is 0.0255. The second kappa shape index (κ2) is 5.91. The Bertz CT molecular complexity index is 619. The largest absolute Gasteiger partial charge is 0.417 e. The van der Waals surface area contributed by atoms with E-state index in [0.717, 1.165) is 0 Å². The average Bonchev–Trinajstić information content (AvgIpc) is 2.36. The van der Waals surface area contributed by atoms with Crippen molar-refractivity contribution in [3.05, 3.63) is 58.3 Å². The third-order valence-electron chi connectivity index (χ3n) is 2.21. The van der Waals surface area contributed by atoms with Gasteiger partial charge in [-0.15, -0.1) is 0 Å². The first-order chi connectivity index (χ1) is 9.06. The van der Waals surface area contributed by atoms with Gasteiger partial charge in [-0.1, -0.05) is 35.3 Å². The molecule has 0 aromatic heterocycles. The van der Waals surface area contributed by atoms with Crippen LogP contribution >= 0.6 is 23.2 Å². The van der Waals surface area contributed by atoms with Crippen LogP contribution in [0.1, 0.15) is 0 Å². The third kappa shape index (κ3) is 3.59. The van der Waals surface area contributed by atoms with Crippen LogP contribution in [0.5, 0.6) is 5.75 Å². The zero-order valence-corrected chi connectivity index (χ0v) is 11.0. The molecule has 0 aliphatic heterocycles. The molecule has 2 aromatic carbocycles. The van der Waals surface area contributed by atoms with Crippen molar-refractivity contribution in [1.82, 2.24) is 0 Å². The van der Waals surface area contributed by atoms with Crippen LogP contribution in [-0.4, -0.2) is 6.09 Å². The molecule has 0 fully saturated rings. The van der Waals surface area contributed by atoms with Gasteiger partial charge in [-0.25, -0.2) is 9.18 Å². The summed E-state index contributed by atoms with van der Waals surface area (Å²) in [7, 11) is 0. The molecule has 0 radical (unpaired) electrons. The van der Waals surface area contributed by atoms with Gasteiger partial charge in [-0.05, 0) is 30.3 Å². The highest BCUT2D eigenvalue weighted by Gasteiger charge is 2.10. The highest BCUT2D eigenvalue weighted by Crippen LogP contribution is 2.27. The number of anilines is 1. The lowest BCUT2D eigenvalue weighted by molar-refractivity contribution is 0.215. The number of carbonyl (C=O) groups excluding carboxylic acids is 1. The molecule has 1 amide bonds. The molecule has 1 N–H and O–H groups in total. The summed E-state index contributed by atoms with van der Waals surface area (Å²) in [6.07, 6.45) is -0.839. The molecular formula is C13H8Cl2FNO2. The Morgan fingerprint density at radius 3 is 2.58 bits per heavy atom. The second-order valence-electron chi connectivity index (χ2n) is 3.57. The maximum Gasteiger partial charge on any atom is 0.417 e. The van der Waals surface area contributed by atoms with Crippen molar-refractivity contribution < 1.29 is 13.9 Å². The zero-order valence-electron chi connectivity index (χ0n) is 9.49. The molecule has 19 heavy (non-hydrogen) atoms. The fourth-order valence-corrected chi connectivity index (χ4v) is 1.80. The van der Waals surface area contributed by atoms with Crippen molar-refractivity contribution in [3.63, 3.8) is 0 Å². The first kappa shape index (κ1) is 13.6. The highest BCUT2D eigenvalue weighted by atomic mass is 35.5. The smallest absolute Gasteiger partial charge is 0.409 e. The number of benzene rings is 2. The van der Waals surface area contributed by atoms with Crippen molar-refractivity contribution in [3.8, 4) is 5.75 Å². The topological polar surface area (TPSA) is 38.3 Å². The van der Waals surface area contributed by atoms with E-state index in [4.69, 9.17) is 27.9 Å². The quantitative estimate of drug-likeness (QED) is 0.869. The molecule has 2 aromatic rings. The number of rotatable bonds is 2. The van der Waals surface area contributed by atoms with E-state index in [1.807, 2.05) is 0 Å². The van der Waals surface area contributed by atoms with Crippen LogP contribution in [0.3, 0.4) is 0 Å². The van der Waals surface area contributed by atoms with Gasteiger partial charge < -0.3 is 4.74 Å². The van der Waals surface area contributed by atoms with E-state index in [0.29, 0.717) is 5.02 Å². The summed E-state index contributed by atoms with van der Waals surface area (Å²) in [6, 6.07) is 10.2. The predicted octanol–water partition coefficient (Wildman–Crippen LogP) is 4.74. The number of ether oxygens (including phenoxy) is 1. The van der Waals surface area contributed by atoms with Crippen molar-refractivity contribution >= 4 is 35.0 Å². The second-order valence-corrected chi connectivity index (χ2v) is 4.41. The average molecular weight is 300 g/mol. The van der Waals surface area contributed by atoms with Gasteiger partial charge >= 0.3 is 6.09 Å². The van der Waals surface area contributed by atoms with Crippen molar-refractivity contribution in [1.29, 1.82) is 0 Å². The lowest BCUT2D eigenvalue weighted by atomic mass is 10.3. The van der Waals surface area contributed by atoms with Gasteiger partial charge in [0, 0.05) is 5.02 Å². The molecule has 0 heterocycles. The molecule has 98 valence electrons. The van der Waals surface area contributed by atoms with Crippen LogP contribution in [0.2, 0.25) is 10.0 Å². The van der Waals surface area contributed by atoms with Crippen molar-refractivity contribution in [2.45, 2.75) is 0 Å². The summed E-state index contributed by atoms with van der Waals surface area (Å²) in [5.74, 6) is -0.415. The summed E-state index contributed by atoms with van der Waals surface area (Å²) in [4.78, 5) is 11.6. The minimum atomic E-state index is -0.839. The monoisotopic (exact) mass is 299 g/mol. The Kier molecular flexibility index (Phi) is 4.24. The zero-order chi connectivity index (χ0) is 13.8. The molecule has 3 nitrogen and oxygen atoms in total. The summed E-state index contributed by atoms with van der Waals surface area (Å²) >= 11 is 11.6. The molecule has 0 saturated carbocycles. The van der Waals surface area contributed by atoms with Gasteiger partial charge in [0.15, 0.2) is 5.75 Å². The number of halogens is 3. The maximum absolute atomic E-state index is 13.3. The molecule has 6 heteroatoms. The number of amides is 1.